The van der Waals surface area contributed by atoms with Crippen molar-refractivity contribution in [1.29, 1.82) is 0 Å². The lowest BCUT2D eigenvalue weighted by Gasteiger charge is -2.18. The fourth-order valence-electron chi connectivity index (χ4n) is 3.16. The number of amides is 1. The largest absolute Gasteiger partial charge is 0.503 e. The molecule has 3 atom stereocenters. The van der Waals surface area contributed by atoms with E-state index in [-0.39, 0.29) is 11.4 Å². The maximum absolute atomic E-state index is 12.6. The monoisotopic (exact) mass is 427 g/mol. The van der Waals surface area contributed by atoms with Crippen LogP contribution in [0.15, 0.2) is 42.6 Å². The number of cyclic esters (lactones) is 2. The molecular weight excluding hydrogens is 404 g/mol. The van der Waals surface area contributed by atoms with E-state index >= 15 is 0 Å². The molecule has 1 radical (unpaired) electrons. The third-order valence-electron chi connectivity index (χ3n) is 4.71. The predicted molar refractivity (Wildman–Crippen MR) is 108 cm³/mol. The van der Waals surface area contributed by atoms with Crippen LogP contribution in [-0.2, 0) is 25.5 Å². The van der Waals surface area contributed by atoms with Gasteiger partial charge in [0.2, 0.25) is 0 Å². The van der Waals surface area contributed by atoms with Gasteiger partial charge in [-0.05, 0) is 18.9 Å². The van der Waals surface area contributed by atoms with Crippen LogP contribution in [0.4, 0.5) is 0 Å². The van der Waals surface area contributed by atoms with Crippen LogP contribution in [0.3, 0.4) is 0 Å². The summed E-state index contributed by atoms with van der Waals surface area (Å²) in [5, 5.41) is 12.5. The summed E-state index contributed by atoms with van der Waals surface area (Å²) in [6.45, 7) is 1.21. The van der Waals surface area contributed by atoms with Crippen molar-refractivity contribution in [1.82, 2.24) is 10.3 Å². The van der Waals surface area contributed by atoms with Crippen LogP contribution >= 0.6 is 0 Å². The number of methoxy groups -OCH3 is 1. The van der Waals surface area contributed by atoms with Crippen molar-refractivity contribution < 1.29 is 33.7 Å². The summed E-state index contributed by atoms with van der Waals surface area (Å²) in [6.07, 6.45) is 2.59. The number of hydrogen-bond donors (Lipinski definition) is 2. The van der Waals surface area contributed by atoms with Crippen molar-refractivity contribution in [2.24, 2.45) is 5.92 Å². The van der Waals surface area contributed by atoms with Gasteiger partial charge in [-0.2, -0.15) is 0 Å². The number of carbonyl (C=O) groups is 3. The zero-order valence-electron chi connectivity index (χ0n) is 17.1. The second-order valence-corrected chi connectivity index (χ2v) is 7.00. The summed E-state index contributed by atoms with van der Waals surface area (Å²) in [5.74, 6) is -3.19. The topological polar surface area (TPSA) is 124 Å². The number of aromatic hydroxyl groups is 1. The highest BCUT2D eigenvalue weighted by Gasteiger charge is 2.33. The standard InChI is InChI=1S/C22H23N2O7/c1-13-10-15(11-14-6-4-3-5-7-14)21(27)30-12-16(22(28)31-13)24-20(26)18-19(25)17(29-2)8-9-23-18/h3-10,13,15-16,25H,11-12H2,1-2H3,(H,24,26)/t13-,15+,16-/m0/s1. The Kier molecular flexibility index (Phi) is 7.07. The zero-order chi connectivity index (χ0) is 22.4. The molecule has 31 heavy (non-hydrogen) atoms. The second kappa shape index (κ2) is 9.92. The lowest BCUT2D eigenvalue weighted by molar-refractivity contribution is -0.152. The van der Waals surface area contributed by atoms with Gasteiger partial charge in [-0.1, -0.05) is 30.3 Å². The minimum absolute atomic E-state index is 0.0515. The molecule has 0 spiro atoms. The Labute approximate surface area is 179 Å². The Morgan fingerprint density at radius 3 is 2.68 bits per heavy atom. The molecule has 1 aromatic carbocycles. The molecule has 1 fully saturated rings. The van der Waals surface area contributed by atoms with Crippen LogP contribution in [0.5, 0.6) is 11.5 Å². The molecule has 163 valence electrons. The summed E-state index contributed by atoms with van der Waals surface area (Å²) in [6, 6.07) is 9.51. The molecule has 0 aliphatic carbocycles. The van der Waals surface area contributed by atoms with Gasteiger partial charge in [0.15, 0.2) is 23.2 Å². The van der Waals surface area contributed by atoms with E-state index < -0.39 is 48.3 Å². The van der Waals surface area contributed by atoms with E-state index in [9.17, 15) is 19.5 Å². The van der Waals surface area contributed by atoms with Gasteiger partial charge in [0, 0.05) is 18.7 Å². The smallest absolute Gasteiger partial charge is 0.332 e. The normalized spacial score (nSPS) is 21.7. The van der Waals surface area contributed by atoms with Crippen LogP contribution in [-0.4, -0.2) is 53.8 Å². The number of benzene rings is 1. The molecule has 1 aliphatic heterocycles. The van der Waals surface area contributed by atoms with Crippen molar-refractivity contribution in [3.05, 3.63) is 60.3 Å². The highest BCUT2D eigenvalue weighted by molar-refractivity contribution is 5.98. The highest BCUT2D eigenvalue weighted by Crippen LogP contribution is 2.27. The summed E-state index contributed by atoms with van der Waals surface area (Å²) < 4.78 is 15.6. The molecule has 1 aliphatic rings. The maximum Gasteiger partial charge on any atom is 0.332 e. The lowest BCUT2D eigenvalue weighted by atomic mass is 9.94. The number of esters is 2. The first-order valence-electron chi connectivity index (χ1n) is 9.68. The zero-order valence-corrected chi connectivity index (χ0v) is 17.1. The first kappa shape index (κ1) is 22.1. The van der Waals surface area contributed by atoms with E-state index in [2.05, 4.69) is 10.3 Å². The van der Waals surface area contributed by atoms with Gasteiger partial charge in [-0.25, -0.2) is 9.78 Å². The van der Waals surface area contributed by atoms with Crippen LogP contribution in [0, 0.1) is 12.3 Å². The number of rotatable bonds is 5. The second-order valence-electron chi connectivity index (χ2n) is 7.00. The van der Waals surface area contributed by atoms with Gasteiger partial charge in [0.05, 0.1) is 13.0 Å². The molecule has 2 N–H and O–H groups in total. The third kappa shape index (κ3) is 5.50. The van der Waals surface area contributed by atoms with Gasteiger partial charge >= 0.3 is 11.9 Å². The van der Waals surface area contributed by atoms with E-state index in [0.717, 1.165) is 5.56 Å². The van der Waals surface area contributed by atoms with E-state index in [1.54, 1.807) is 13.3 Å². The number of ether oxygens (including phenoxy) is 3. The first-order valence-corrected chi connectivity index (χ1v) is 9.68. The summed E-state index contributed by atoms with van der Waals surface area (Å²) in [5.41, 5.74) is 0.600. The summed E-state index contributed by atoms with van der Waals surface area (Å²) in [4.78, 5) is 41.5. The minimum Gasteiger partial charge on any atom is -0.503 e. The van der Waals surface area contributed by atoms with Gasteiger partial charge < -0.3 is 24.6 Å². The Morgan fingerprint density at radius 2 is 1.97 bits per heavy atom. The number of aromatic nitrogens is 1. The van der Waals surface area contributed by atoms with Crippen molar-refractivity contribution in [3.8, 4) is 11.5 Å². The molecule has 9 nitrogen and oxygen atoms in total. The van der Waals surface area contributed by atoms with E-state index in [4.69, 9.17) is 14.2 Å². The molecule has 1 aromatic heterocycles. The summed E-state index contributed by atoms with van der Waals surface area (Å²) >= 11 is 0. The lowest BCUT2D eigenvalue weighted by Crippen LogP contribution is -2.46. The molecule has 2 heterocycles. The number of carbonyl (C=O) groups excluding carboxylic acids is 3. The molecule has 9 heteroatoms. The fourth-order valence-corrected chi connectivity index (χ4v) is 3.16. The van der Waals surface area contributed by atoms with Crippen LogP contribution in [0.25, 0.3) is 0 Å². The number of hydrogen-bond acceptors (Lipinski definition) is 8. The first-order chi connectivity index (χ1) is 14.9. The van der Waals surface area contributed by atoms with Crippen molar-refractivity contribution in [2.75, 3.05) is 13.7 Å². The average Bonchev–Trinajstić information content (AvgIpc) is 2.80. The fraction of sp³-hybridized carbons (Fsp3) is 0.318. The van der Waals surface area contributed by atoms with Crippen LogP contribution in [0.2, 0.25) is 0 Å². The molecule has 0 unspecified atom stereocenters. The molecule has 1 amide bonds. The third-order valence-corrected chi connectivity index (χ3v) is 4.71. The van der Waals surface area contributed by atoms with E-state index in [1.807, 2.05) is 30.3 Å². The SMILES string of the molecule is COc1ccnc(C(=O)N[C@H]2COC(=O)[C@@H](Cc3ccccc3)[CH][C@H](C)OC2=O)c1O. The van der Waals surface area contributed by atoms with Gasteiger partial charge in [-0.3, -0.25) is 9.59 Å². The summed E-state index contributed by atoms with van der Waals surface area (Å²) in [7, 11) is 1.33. The van der Waals surface area contributed by atoms with Crippen molar-refractivity contribution in [2.45, 2.75) is 25.5 Å². The molecule has 2 aromatic rings. The molecular formula is C22H23N2O7. The Hall–Kier alpha value is -3.62. The number of nitrogens with zero attached hydrogens (tertiary/aromatic N) is 1. The van der Waals surface area contributed by atoms with Gasteiger partial charge in [0.25, 0.3) is 5.91 Å². The van der Waals surface area contributed by atoms with E-state index in [0.29, 0.717) is 6.42 Å². The minimum atomic E-state index is -1.27. The molecule has 0 saturated carbocycles. The van der Waals surface area contributed by atoms with E-state index in [1.165, 1.54) is 19.4 Å². The van der Waals surface area contributed by atoms with Gasteiger partial charge in [-0.15, -0.1) is 0 Å². The average molecular weight is 427 g/mol. The quantitative estimate of drug-likeness (QED) is 0.687. The Morgan fingerprint density at radius 1 is 1.23 bits per heavy atom. The van der Waals surface area contributed by atoms with Gasteiger partial charge in [0.1, 0.15) is 12.7 Å². The number of pyridine rings is 1. The Bertz CT molecular complexity index is 948. The van der Waals surface area contributed by atoms with Crippen LogP contribution < -0.4 is 10.1 Å². The molecule has 3 rings (SSSR count). The van der Waals surface area contributed by atoms with Crippen molar-refractivity contribution in [3.63, 3.8) is 0 Å². The number of nitrogens with one attached hydrogen (secondary N) is 1. The Balaban J connectivity index is 1.73. The predicted octanol–water partition coefficient (Wildman–Crippen LogP) is 1.45. The molecule has 1 saturated heterocycles. The van der Waals surface area contributed by atoms with Crippen LogP contribution in [0.1, 0.15) is 23.0 Å². The maximum atomic E-state index is 12.6. The molecule has 0 bridgehead atoms. The van der Waals surface area contributed by atoms with Crippen molar-refractivity contribution >= 4 is 17.8 Å². The highest BCUT2D eigenvalue weighted by atomic mass is 16.6.